The fourth-order valence-electron chi connectivity index (χ4n) is 3.36. The lowest BCUT2D eigenvalue weighted by atomic mass is 9.77. The largest absolute Gasteiger partial charge is 0.534 e. The van der Waals surface area contributed by atoms with E-state index in [9.17, 15) is 36.0 Å². The Morgan fingerprint density at radius 2 is 1.86 bits per heavy atom. The smallest absolute Gasteiger partial charge is 0.465 e. The number of esters is 1. The van der Waals surface area contributed by atoms with Gasteiger partial charge in [0, 0.05) is 13.1 Å². The van der Waals surface area contributed by atoms with Gasteiger partial charge >= 0.3 is 27.7 Å². The Kier molecular flexibility index (Phi) is 4.80. The molecule has 160 valence electrons. The average Bonchev–Trinajstić information content (AvgIpc) is 3.07. The molecule has 0 radical (unpaired) electrons. The number of ether oxygens (including phenoxy) is 1. The number of rotatable bonds is 3. The molecule has 3 aliphatic rings. The lowest BCUT2D eigenvalue weighted by Gasteiger charge is -2.37. The van der Waals surface area contributed by atoms with Crippen LogP contribution in [0.5, 0.6) is 0 Å². The second-order valence-corrected chi connectivity index (χ2v) is 8.19. The summed E-state index contributed by atoms with van der Waals surface area (Å²) in [5, 5.41) is 9.06. The molecule has 0 bridgehead atoms. The molecule has 10 nitrogen and oxygen atoms in total. The maximum atomic E-state index is 13.1. The van der Waals surface area contributed by atoms with E-state index in [0.717, 1.165) is 16.0 Å². The molecular weight excluding hydrogens is 425 g/mol. The summed E-state index contributed by atoms with van der Waals surface area (Å²) in [5.74, 6) is -2.32. The molecule has 1 fully saturated rings. The number of cyclic esters (lactones) is 1. The van der Waals surface area contributed by atoms with Gasteiger partial charge in [0.05, 0.1) is 17.5 Å². The first kappa shape index (κ1) is 21.0. The summed E-state index contributed by atoms with van der Waals surface area (Å²) >= 11 is 0. The van der Waals surface area contributed by atoms with Gasteiger partial charge in [-0.05, 0) is 19.8 Å². The Balaban J connectivity index is 2.02. The van der Waals surface area contributed by atoms with E-state index in [0.29, 0.717) is 0 Å². The lowest BCUT2D eigenvalue weighted by Crippen LogP contribution is -2.48. The van der Waals surface area contributed by atoms with Crippen LogP contribution in [0.1, 0.15) is 19.8 Å². The molecule has 0 saturated carbocycles. The van der Waals surface area contributed by atoms with Crippen molar-refractivity contribution < 1.29 is 50.0 Å². The first-order valence-corrected chi connectivity index (χ1v) is 9.62. The topological polar surface area (TPSA) is 131 Å². The predicted octanol–water partition coefficient (Wildman–Crippen LogP) is 1.13. The number of piperidine rings is 1. The number of hydrogen-bond acceptors (Lipinski definition) is 7. The van der Waals surface area contributed by atoms with Crippen LogP contribution < -0.4 is 0 Å². The molecule has 0 atom stereocenters. The molecule has 29 heavy (non-hydrogen) atoms. The van der Waals surface area contributed by atoms with Gasteiger partial charge in [0.2, 0.25) is 5.91 Å². The fraction of sp³-hybridized carbons (Fsp3) is 0.533. The van der Waals surface area contributed by atoms with E-state index in [2.05, 4.69) is 4.18 Å². The highest BCUT2D eigenvalue weighted by atomic mass is 32.2. The van der Waals surface area contributed by atoms with Crippen LogP contribution >= 0.6 is 0 Å². The van der Waals surface area contributed by atoms with Crippen molar-refractivity contribution in [3.63, 3.8) is 0 Å². The number of alkyl halides is 3. The van der Waals surface area contributed by atoms with Crippen LogP contribution in [0.4, 0.5) is 18.0 Å². The van der Waals surface area contributed by atoms with Crippen molar-refractivity contribution in [2.24, 2.45) is 5.41 Å². The van der Waals surface area contributed by atoms with E-state index in [-0.39, 0.29) is 43.8 Å². The molecule has 0 aromatic carbocycles. The van der Waals surface area contributed by atoms with Gasteiger partial charge in [0.25, 0.3) is 0 Å². The molecule has 1 spiro atoms. The Bertz CT molecular complexity index is 945. The summed E-state index contributed by atoms with van der Waals surface area (Å²) in [6.45, 7) is 0.560. The zero-order valence-corrected chi connectivity index (χ0v) is 15.7. The molecule has 3 rings (SSSR count). The highest BCUT2D eigenvalue weighted by Crippen LogP contribution is 2.48. The fourth-order valence-corrected chi connectivity index (χ4v) is 3.89. The molecule has 0 aromatic heterocycles. The molecule has 1 N–H and O–H groups in total. The van der Waals surface area contributed by atoms with Gasteiger partial charge < -0.3 is 18.9 Å². The van der Waals surface area contributed by atoms with Gasteiger partial charge in [-0.2, -0.15) is 21.6 Å². The minimum absolute atomic E-state index is 0.0349. The SMILES string of the molecule is CC1=C(N2C=C(OS(=O)(=O)C(F)(F)F)C3(CCN(C(=O)O)CC3)C2=O)COC1=O. The van der Waals surface area contributed by atoms with Gasteiger partial charge in [-0.15, -0.1) is 0 Å². The third kappa shape index (κ3) is 3.30. The van der Waals surface area contributed by atoms with Crippen molar-refractivity contribution in [3.05, 3.63) is 23.2 Å². The number of likely N-dealkylation sites (tertiary alicyclic amines) is 1. The van der Waals surface area contributed by atoms with E-state index in [1.54, 1.807) is 0 Å². The molecule has 3 heterocycles. The zero-order valence-electron chi connectivity index (χ0n) is 14.9. The minimum Gasteiger partial charge on any atom is -0.465 e. The van der Waals surface area contributed by atoms with Gasteiger partial charge in [-0.1, -0.05) is 0 Å². The van der Waals surface area contributed by atoms with Gasteiger partial charge in [-0.25, -0.2) is 9.59 Å². The van der Waals surface area contributed by atoms with Gasteiger partial charge in [0.1, 0.15) is 12.0 Å². The number of carbonyl (C=O) groups is 3. The van der Waals surface area contributed by atoms with Crippen LogP contribution in [-0.2, 0) is 28.6 Å². The molecule has 3 aliphatic heterocycles. The normalized spacial score (nSPS) is 22.3. The first-order valence-electron chi connectivity index (χ1n) is 8.21. The lowest BCUT2D eigenvalue weighted by molar-refractivity contribution is -0.138. The van der Waals surface area contributed by atoms with E-state index in [1.807, 2.05) is 0 Å². The summed E-state index contributed by atoms with van der Waals surface area (Å²) in [4.78, 5) is 37.6. The highest BCUT2D eigenvalue weighted by Gasteiger charge is 2.58. The molecule has 0 unspecified atom stereocenters. The highest BCUT2D eigenvalue weighted by molar-refractivity contribution is 7.87. The van der Waals surface area contributed by atoms with Crippen LogP contribution in [0.15, 0.2) is 23.2 Å². The van der Waals surface area contributed by atoms with Crippen LogP contribution in [0, 0.1) is 5.41 Å². The molecule has 2 amide bonds. The average molecular weight is 440 g/mol. The zero-order chi connectivity index (χ0) is 21.8. The standard InChI is InChI=1S/C15H15F3N2O8S/c1-8-9(7-27-11(8)21)20-6-10(28-29(25,26)15(16,17)18)14(12(20)22)2-4-19(5-3-14)13(23)24/h6H,2-5,7H2,1H3,(H,23,24). The molecular formula is C15H15F3N2O8S. The monoisotopic (exact) mass is 440 g/mol. The summed E-state index contributed by atoms with van der Waals surface area (Å²) in [7, 11) is -6.07. The summed E-state index contributed by atoms with van der Waals surface area (Å²) < 4.78 is 70.6. The van der Waals surface area contributed by atoms with Crippen LogP contribution in [0.25, 0.3) is 0 Å². The van der Waals surface area contributed by atoms with Crippen molar-refractivity contribution in [1.82, 2.24) is 9.80 Å². The number of carbonyl (C=O) groups excluding carboxylic acids is 2. The Morgan fingerprint density at radius 1 is 1.28 bits per heavy atom. The van der Waals surface area contributed by atoms with Crippen molar-refractivity contribution in [2.75, 3.05) is 19.7 Å². The Morgan fingerprint density at radius 3 is 2.31 bits per heavy atom. The summed E-state index contributed by atoms with van der Waals surface area (Å²) in [6, 6.07) is 0. The summed E-state index contributed by atoms with van der Waals surface area (Å²) in [5.41, 5.74) is -7.46. The third-order valence-electron chi connectivity index (χ3n) is 5.09. The number of hydrogen-bond donors (Lipinski definition) is 1. The van der Waals surface area contributed by atoms with Crippen LogP contribution in [-0.4, -0.2) is 66.5 Å². The van der Waals surface area contributed by atoms with Crippen molar-refractivity contribution in [1.29, 1.82) is 0 Å². The Hall–Kier alpha value is -2.77. The molecule has 1 saturated heterocycles. The second-order valence-electron chi connectivity index (χ2n) is 6.65. The van der Waals surface area contributed by atoms with Crippen molar-refractivity contribution >= 4 is 28.1 Å². The molecule has 0 aromatic rings. The third-order valence-corrected chi connectivity index (χ3v) is 6.05. The van der Waals surface area contributed by atoms with Crippen LogP contribution in [0.3, 0.4) is 0 Å². The van der Waals surface area contributed by atoms with Gasteiger partial charge in [0.15, 0.2) is 5.76 Å². The quantitative estimate of drug-likeness (QED) is 0.393. The second kappa shape index (κ2) is 6.64. The summed E-state index contributed by atoms with van der Waals surface area (Å²) in [6.07, 6.45) is -1.09. The number of nitrogens with zero attached hydrogens (tertiary/aromatic N) is 2. The minimum atomic E-state index is -6.07. The van der Waals surface area contributed by atoms with Crippen molar-refractivity contribution in [3.8, 4) is 0 Å². The molecule has 0 aliphatic carbocycles. The molecule has 14 heteroatoms. The van der Waals surface area contributed by atoms with Crippen molar-refractivity contribution in [2.45, 2.75) is 25.3 Å². The number of halogens is 3. The van der Waals surface area contributed by atoms with E-state index < -0.39 is 44.8 Å². The number of carboxylic acid groups (broad SMARTS) is 1. The maximum absolute atomic E-state index is 13.1. The van der Waals surface area contributed by atoms with E-state index >= 15 is 0 Å². The Labute approximate surface area is 162 Å². The maximum Gasteiger partial charge on any atom is 0.534 e. The van der Waals surface area contributed by atoms with Crippen LogP contribution in [0.2, 0.25) is 0 Å². The van der Waals surface area contributed by atoms with E-state index in [1.165, 1.54) is 6.92 Å². The first-order chi connectivity index (χ1) is 13.3. The number of amides is 2. The van der Waals surface area contributed by atoms with Gasteiger partial charge in [-0.3, -0.25) is 9.69 Å². The predicted molar refractivity (Wildman–Crippen MR) is 85.9 cm³/mol. The van der Waals surface area contributed by atoms with E-state index in [4.69, 9.17) is 9.84 Å².